The molecule has 0 amide bonds. The summed E-state index contributed by atoms with van der Waals surface area (Å²) in [5.74, 6) is -1.14. The minimum absolute atomic E-state index is 0.0141. The van der Waals surface area contributed by atoms with E-state index in [1.54, 1.807) is 12.1 Å². The molecule has 0 saturated heterocycles. The zero-order valence-corrected chi connectivity index (χ0v) is 18.5. The molecule has 0 radical (unpaired) electrons. The second kappa shape index (κ2) is 8.09. The Labute approximate surface area is 192 Å². The maximum absolute atomic E-state index is 13.6. The highest BCUT2D eigenvalue weighted by Gasteiger charge is 2.23. The van der Waals surface area contributed by atoms with Crippen molar-refractivity contribution in [2.45, 2.75) is 6.54 Å². The molecule has 1 N–H and O–H groups in total. The van der Waals surface area contributed by atoms with Gasteiger partial charge in [-0.3, -0.25) is 9.36 Å². The number of hydrogen-bond acceptors (Lipinski definition) is 2. The molecular weight excluding hydrogens is 466 g/mol. The first-order chi connectivity index (χ1) is 15.5. The number of carboxylic acids is 1. The predicted molar refractivity (Wildman–Crippen MR) is 131 cm³/mol. The molecule has 5 aromatic rings. The minimum atomic E-state index is -1.14. The van der Waals surface area contributed by atoms with Gasteiger partial charge < -0.3 is 5.11 Å². The third-order valence-corrected chi connectivity index (χ3v) is 6.20. The lowest BCUT2D eigenvalue weighted by molar-refractivity contribution is 0.0685. The van der Waals surface area contributed by atoms with E-state index >= 15 is 0 Å². The molecule has 156 valence electrons. The number of halogens is 1. The van der Waals surface area contributed by atoms with E-state index in [0.717, 1.165) is 26.4 Å². The van der Waals surface area contributed by atoms with E-state index in [4.69, 9.17) is 0 Å². The quantitative estimate of drug-likeness (QED) is 0.324. The molecule has 0 spiro atoms. The van der Waals surface area contributed by atoms with Crippen molar-refractivity contribution in [3.63, 3.8) is 0 Å². The molecular formula is C27H18BrNO3. The molecule has 0 aliphatic rings. The molecule has 4 nitrogen and oxygen atoms in total. The first-order valence-corrected chi connectivity index (χ1v) is 11.0. The summed E-state index contributed by atoms with van der Waals surface area (Å²) >= 11 is 3.47. The minimum Gasteiger partial charge on any atom is -0.477 e. The molecule has 1 aromatic heterocycles. The summed E-state index contributed by atoms with van der Waals surface area (Å²) < 4.78 is 2.17. The van der Waals surface area contributed by atoms with Crippen LogP contribution in [0.15, 0.2) is 100 Å². The molecule has 32 heavy (non-hydrogen) atoms. The lowest BCUT2D eigenvalue weighted by atomic mass is 9.96. The third-order valence-electron chi connectivity index (χ3n) is 5.71. The first-order valence-electron chi connectivity index (χ1n) is 10.2. The molecule has 0 saturated carbocycles. The molecule has 0 aliphatic carbocycles. The largest absolute Gasteiger partial charge is 0.477 e. The van der Waals surface area contributed by atoms with Crippen molar-refractivity contribution in [1.82, 2.24) is 4.57 Å². The van der Waals surface area contributed by atoms with Gasteiger partial charge >= 0.3 is 5.97 Å². The van der Waals surface area contributed by atoms with Crippen molar-refractivity contribution in [3.05, 3.63) is 117 Å². The van der Waals surface area contributed by atoms with Gasteiger partial charge in [-0.2, -0.15) is 0 Å². The predicted octanol–water partition coefficient (Wildman–Crippen LogP) is 6.33. The van der Waals surface area contributed by atoms with Gasteiger partial charge in [0, 0.05) is 15.4 Å². The van der Waals surface area contributed by atoms with Crippen LogP contribution >= 0.6 is 15.9 Å². The molecule has 0 atom stereocenters. The zero-order valence-electron chi connectivity index (χ0n) is 17.0. The van der Waals surface area contributed by atoms with Crippen LogP contribution in [0.1, 0.15) is 16.1 Å². The summed E-state index contributed by atoms with van der Waals surface area (Å²) in [6.45, 7) is 0.160. The summed E-state index contributed by atoms with van der Waals surface area (Å²) in [5.41, 5.74) is 1.84. The second-order valence-electron chi connectivity index (χ2n) is 7.61. The Hall–Kier alpha value is -3.70. The van der Waals surface area contributed by atoms with Gasteiger partial charge in [0.1, 0.15) is 5.69 Å². The number of hydrogen-bond donors (Lipinski definition) is 1. The zero-order chi connectivity index (χ0) is 22.2. The van der Waals surface area contributed by atoms with E-state index in [2.05, 4.69) is 15.9 Å². The lowest BCUT2D eigenvalue weighted by Crippen LogP contribution is -2.28. The van der Waals surface area contributed by atoms with Gasteiger partial charge in [-0.1, -0.05) is 88.7 Å². The highest BCUT2D eigenvalue weighted by atomic mass is 79.9. The average Bonchev–Trinajstić information content (AvgIpc) is 2.81. The molecule has 0 unspecified atom stereocenters. The van der Waals surface area contributed by atoms with E-state index in [9.17, 15) is 14.7 Å². The number of rotatable bonds is 4. The fourth-order valence-corrected chi connectivity index (χ4v) is 4.65. The molecule has 0 fully saturated rings. The van der Waals surface area contributed by atoms with Crippen molar-refractivity contribution >= 4 is 43.4 Å². The second-order valence-corrected chi connectivity index (χ2v) is 8.53. The summed E-state index contributed by atoms with van der Waals surface area (Å²) in [6, 6.07) is 28.5. The Morgan fingerprint density at radius 1 is 0.812 bits per heavy atom. The van der Waals surface area contributed by atoms with Crippen LogP contribution in [0.3, 0.4) is 0 Å². The van der Waals surface area contributed by atoms with Crippen molar-refractivity contribution in [1.29, 1.82) is 0 Å². The van der Waals surface area contributed by atoms with Crippen molar-refractivity contribution in [2.75, 3.05) is 0 Å². The number of aromatic carboxylic acids is 1. The number of carbonyl (C=O) groups is 1. The Morgan fingerprint density at radius 2 is 1.53 bits per heavy atom. The molecule has 5 heteroatoms. The number of benzene rings is 4. The number of nitrogens with zero attached hydrogens (tertiary/aromatic N) is 1. The van der Waals surface area contributed by atoms with Gasteiger partial charge in [-0.05, 0) is 45.5 Å². The van der Waals surface area contributed by atoms with E-state index in [1.165, 1.54) is 4.57 Å². The SMILES string of the molecule is O=C(O)c1c(-c2ccccc2)c2cc(Br)ccc2c(=O)n1Cc1cccc2ccccc12. The van der Waals surface area contributed by atoms with Crippen LogP contribution in [-0.2, 0) is 6.54 Å². The Morgan fingerprint density at radius 3 is 2.31 bits per heavy atom. The van der Waals surface area contributed by atoms with Gasteiger partial charge in [0.15, 0.2) is 0 Å². The van der Waals surface area contributed by atoms with Crippen molar-refractivity contribution in [3.8, 4) is 11.1 Å². The van der Waals surface area contributed by atoms with Crippen LogP contribution in [0.2, 0.25) is 0 Å². The monoisotopic (exact) mass is 483 g/mol. The maximum Gasteiger partial charge on any atom is 0.353 e. The van der Waals surface area contributed by atoms with Gasteiger partial charge in [-0.25, -0.2) is 4.79 Å². The van der Waals surface area contributed by atoms with E-state index in [-0.39, 0.29) is 17.8 Å². The summed E-state index contributed by atoms with van der Waals surface area (Å²) in [6.07, 6.45) is 0. The third kappa shape index (κ3) is 3.41. The molecule has 0 bridgehead atoms. The maximum atomic E-state index is 13.6. The summed E-state index contributed by atoms with van der Waals surface area (Å²) in [4.78, 5) is 26.2. The average molecular weight is 484 g/mol. The van der Waals surface area contributed by atoms with Gasteiger partial charge in [-0.15, -0.1) is 0 Å². The summed E-state index contributed by atoms with van der Waals surface area (Å²) in [5, 5.41) is 13.4. The normalized spacial score (nSPS) is 11.2. The van der Waals surface area contributed by atoms with E-state index in [0.29, 0.717) is 16.3 Å². The molecule has 5 rings (SSSR count). The number of pyridine rings is 1. The van der Waals surface area contributed by atoms with Crippen molar-refractivity contribution in [2.24, 2.45) is 0 Å². The molecule has 0 aliphatic heterocycles. The van der Waals surface area contributed by atoms with E-state index < -0.39 is 5.97 Å². The Kier molecular flexibility index (Phi) is 5.11. The first kappa shape index (κ1) is 20.2. The molecule has 1 heterocycles. The van der Waals surface area contributed by atoms with Crippen LogP contribution < -0.4 is 5.56 Å². The van der Waals surface area contributed by atoms with Crippen LogP contribution in [0, 0.1) is 0 Å². The fraction of sp³-hybridized carbons (Fsp3) is 0.0370. The Balaban J connectivity index is 1.88. The highest BCUT2D eigenvalue weighted by molar-refractivity contribution is 9.10. The van der Waals surface area contributed by atoms with Gasteiger partial charge in [0.05, 0.1) is 6.54 Å². The van der Waals surface area contributed by atoms with Gasteiger partial charge in [0.2, 0.25) is 0 Å². The lowest BCUT2D eigenvalue weighted by Gasteiger charge is -2.18. The standard InChI is InChI=1S/C27H18BrNO3/c28-20-13-14-22-23(15-20)24(18-8-2-1-3-9-18)25(27(31)32)29(26(22)30)16-19-11-6-10-17-7-4-5-12-21(17)19/h1-15H,16H2,(H,31,32). The Bertz CT molecular complexity index is 1550. The summed E-state index contributed by atoms with van der Waals surface area (Å²) in [7, 11) is 0. The number of fused-ring (bicyclic) bond motifs is 2. The smallest absolute Gasteiger partial charge is 0.353 e. The van der Waals surface area contributed by atoms with E-state index in [1.807, 2.05) is 78.9 Å². The van der Waals surface area contributed by atoms with Gasteiger partial charge in [0.25, 0.3) is 5.56 Å². The van der Waals surface area contributed by atoms with Crippen LogP contribution in [0.25, 0.3) is 32.7 Å². The van der Waals surface area contributed by atoms with Crippen LogP contribution in [-0.4, -0.2) is 15.6 Å². The van der Waals surface area contributed by atoms with Crippen molar-refractivity contribution < 1.29 is 9.90 Å². The number of aromatic nitrogens is 1. The van der Waals surface area contributed by atoms with Crippen LogP contribution in [0.5, 0.6) is 0 Å². The molecule has 4 aromatic carbocycles. The topological polar surface area (TPSA) is 59.3 Å². The number of carboxylic acid groups (broad SMARTS) is 1. The van der Waals surface area contributed by atoms with Crippen LogP contribution in [0.4, 0.5) is 0 Å². The highest BCUT2D eigenvalue weighted by Crippen LogP contribution is 2.33. The fourth-order valence-electron chi connectivity index (χ4n) is 4.29.